The lowest BCUT2D eigenvalue weighted by Crippen LogP contribution is -2.28. The number of likely N-dealkylation sites (N-methyl/N-ethyl adjacent to an activating group) is 1. The third-order valence-electron chi connectivity index (χ3n) is 3.93. The molecule has 1 aromatic carbocycles. The maximum atomic E-state index is 5.94. The van der Waals surface area contributed by atoms with Crippen molar-refractivity contribution in [3.8, 4) is 0 Å². The third kappa shape index (κ3) is 3.98. The van der Waals surface area contributed by atoms with Crippen molar-refractivity contribution in [3.63, 3.8) is 0 Å². The van der Waals surface area contributed by atoms with Gasteiger partial charge in [0.15, 0.2) is 0 Å². The van der Waals surface area contributed by atoms with Crippen molar-refractivity contribution in [2.24, 2.45) is 0 Å². The van der Waals surface area contributed by atoms with Gasteiger partial charge in [-0.2, -0.15) is 0 Å². The minimum absolute atomic E-state index is 0.620. The number of fused-ring (bicyclic) bond motifs is 1. The first-order valence-electron chi connectivity index (χ1n) is 7.93. The Labute approximate surface area is 132 Å². The summed E-state index contributed by atoms with van der Waals surface area (Å²) in [6.07, 6.45) is 2.03. The van der Waals surface area contributed by atoms with Gasteiger partial charge in [0.05, 0.1) is 11.0 Å². The Morgan fingerprint density at radius 1 is 1.24 bits per heavy atom. The minimum Gasteiger partial charge on any atom is -0.327 e. The van der Waals surface area contributed by atoms with Crippen LogP contribution in [0.5, 0.6) is 0 Å². The molecule has 0 aliphatic carbocycles. The Morgan fingerprint density at radius 3 is 2.71 bits per heavy atom. The Hall–Kier alpha value is -1.06. The molecule has 0 spiro atoms. The Balaban J connectivity index is 2.25. The maximum Gasteiger partial charge on any atom is 0.111 e. The fraction of sp³-hybridized carbons (Fsp3) is 0.588. The molecule has 0 aliphatic rings. The number of benzene rings is 1. The molecular formula is C17H26ClN3. The highest BCUT2D eigenvalue weighted by Crippen LogP contribution is 2.18. The van der Waals surface area contributed by atoms with Crippen molar-refractivity contribution >= 4 is 22.6 Å². The summed E-state index contributed by atoms with van der Waals surface area (Å²) in [7, 11) is 0. The van der Waals surface area contributed by atoms with E-state index in [4.69, 9.17) is 16.6 Å². The average Bonchev–Trinajstić information content (AvgIpc) is 2.80. The third-order valence-corrected chi connectivity index (χ3v) is 4.12. The molecule has 0 fully saturated rings. The lowest BCUT2D eigenvalue weighted by atomic mass is 10.2. The summed E-state index contributed by atoms with van der Waals surface area (Å²) >= 11 is 5.94. The van der Waals surface area contributed by atoms with E-state index in [2.05, 4.69) is 48.4 Å². The maximum absolute atomic E-state index is 5.94. The molecule has 0 saturated carbocycles. The summed E-state index contributed by atoms with van der Waals surface area (Å²) in [5.74, 6) is 1.73. The van der Waals surface area contributed by atoms with Crippen molar-refractivity contribution in [3.05, 3.63) is 29.6 Å². The van der Waals surface area contributed by atoms with Gasteiger partial charge in [0, 0.05) is 25.4 Å². The van der Waals surface area contributed by atoms with Crippen molar-refractivity contribution in [2.75, 3.05) is 25.5 Å². The van der Waals surface area contributed by atoms with Gasteiger partial charge >= 0.3 is 0 Å². The van der Waals surface area contributed by atoms with Crippen LogP contribution in [0.25, 0.3) is 11.0 Å². The highest BCUT2D eigenvalue weighted by molar-refractivity contribution is 6.17. The summed E-state index contributed by atoms with van der Waals surface area (Å²) in [4.78, 5) is 7.26. The summed E-state index contributed by atoms with van der Waals surface area (Å²) in [6, 6.07) is 6.51. The molecule has 0 radical (unpaired) electrons. The first kappa shape index (κ1) is 16.3. The zero-order valence-corrected chi connectivity index (χ0v) is 14.2. The predicted octanol–water partition coefficient (Wildman–Crippen LogP) is 3.86. The van der Waals surface area contributed by atoms with Crippen molar-refractivity contribution in [1.29, 1.82) is 0 Å². The molecular weight excluding hydrogens is 282 g/mol. The van der Waals surface area contributed by atoms with E-state index < -0.39 is 0 Å². The van der Waals surface area contributed by atoms with Crippen molar-refractivity contribution < 1.29 is 0 Å². The van der Waals surface area contributed by atoms with E-state index in [0.29, 0.717) is 5.88 Å². The quantitative estimate of drug-likeness (QED) is 0.691. The fourth-order valence-corrected chi connectivity index (χ4v) is 2.97. The second kappa shape index (κ2) is 7.81. The molecule has 2 rings (SSSR count). The second-order valence-corrected chi connectivity index (χ2v) is 5.92. The molecule has 21 heavy (non-hydrogen) atoms. The van der Waals surface area contributed by atoms with Gasteiger partial charge in [0.2, 0.25) is 0 Å². The van der Waals surface area contributed by atoms with Crippen LogP contribution in [-0.4, -0.2) is 40.0 Å². The van der Waals surface area contributed by atoms with Crippen LogP contribution in [-0.2, 0) is 13.0 Å². The second-order valence-electron chi connectivity index (χ2n) is 5.55. The number of aromatic nitrogens is 2. The van der Waals surface area contributed by atoms with E-state index in [0.717, 1.165) is 43.9 Å². The smallest absolute Gasteiger partial charge is 0.111 e. The number of hydrogen-bond acceptors (Lipinski definition) is 2. The van der Waals surface area contributed by atoms with Crippen LogP contribution in [0, 0.1) is 6.92 Å². The lowest BCUT2D eigenvalue weighted by Gasteiger charge is -2.20. The average molecular weight is 308 g/mol. The fourth-order valence-electron chi connectivity index (χ4n) is 2.80. The van der Waals surface area contributed by atoms with Crippen LogP contribution in [0.2, 0.25) is 0 Å². The largest absolute Gasteiger partial charge is 0.327 e. The SMILES string of the molecule is CCCN(CC)CCn1c(CCCl)nc2cc(C)ccc21. The normalized spacial score (nSPS) is 11.7. The molecule has 0 N–H and O–H groups in total. The van der Waals surface area contributed by atoms with Gasteiger partial charge in [-0.05, 0) is 44.1 Å². The number of rotatable bonds is 8. The Morgan fingerprint density at radius 2 is 2.05 bits per heavy atom. The van der Waals surface area contributed by atoms with Crippen LogP contribution in [0.3, 0.4) is 0 Å². The molecule has 0 bridgehead atoms. The monoisotopic (exact) mass is 307 g/mol. The van der Waals surface area contributed by atoms with Crippen LogP contribution in [0.15, 0.2) is 18.2 Å². The Kier molecular flexibility index (Phi) is 6.07. The van der Waals surface area contributed by atoms with Gasteiger partial charge in [-0.3, -0.25) is 0 Å². The van der Waals surface area contributed by atoms with Crippen molar-refractivity contribution in [2.45, 2.75) is 40.2 Å². The molecule has 2 aromatic rings. The van der Waals surface area contributed by atoms with Gasteiger partial charge < -0.3 is 9.47 Å². The van der Waals surface area contributed by atoms with E-state index in [1.54, 1.807) is 0 Å². The van der Waals surface area contributed by atoms with Crippen LogP contribution in [0.1, 0.15) is 31.7 Å². The molecule has 0 unspecified atom stereocenters. The summed E-state index contributed by atoms with van der Waals surface area (Å²) in [6.45, 7) is 10.9. The van der Waals surface area contributed by atoms with Crippen LogP contribution in [0.4, 0.5) is 0 Å². The highest BCUT2D eigenvalue weighted by atomic mass is 35.5. The van der Waals surface area contributed by atoms with Gasteiger partial charge in [-0.25, -0.2) is 4.98 Å². The molecule has 0 aliphatic heterocycles. The number of imidazole rings is 1. The number of halogens is 1. The van der Waals surface area contributed by atoms with E-state index in [1.165, 1.54) is 17.5 Å². The zero-order valence-electron chi connectivity index (χ0n) is 13.4. The minimum atomic E-state index is 0.620. The van der Waals surface area contributed by atoms with E-state index in [1.807, 2.05) is 0 Å². The molecule has 3 nitrogen and oxygen atoms in total. The van der Waals surface area contributed by atoms with Gasteiger partial charge in [-0.1, -0.05) is 19.9 Å². The predicted molar refractivity (Wildman–Crippen MR) is 91.3 cm³/mol. The van der Waals surface area contributed by atoms with Gasteiger partial charge in [0.25, 0.3) is 0 Å². The van der Waals surface area contributed by atoms with Crippen LogP contribution >= 0.6 is 11.6 Å². The first-order valence-corrected chi connectivity index (χ1v) is 8.47. The molecule has 1 aromatic heterocycles. The molecule has 1 heterocycles. The van der Waals surface area contributed by atoms with Gasteiger partial charge in [-0.15, -0.1) is 11.6 Å². The summed E-state index contributed by atoms with van der Waals surface area (Å²) in [5, 5.41) is 0. The molecule has 0 amide bonds. The van der Waals surface area contributed by atoms with E-state index in [-0.39, 0.29) is 0 Å². The zero-order chi connectivity index (χ0) is 15.2. The molecule has 0 atom stereocenters. The summed E-state index contributed by atoms with van der Waals surface area (Å²) in [5.41, 5.74) is 3.58. The molecule has 4 heteroatoms. The van der Waals surface area contributed by atoms with Gasteiger partial charge in [0.1, 0.15) is 5.82 Å². The number of nitrogens with zero attached hydrogens (tertiary/aromatic N) is 3. The van der Waals surface area contributed by atoms with E-state index in [9.17, 15) is 0 Å². The molecule has 116 valence electrons. The number of hydrogen-bond donors (Lipinski definition) is 0. The number of alkyl halides is 1. The molecule has 0 saturated heterocycles. The lowest BCUT2D eigenvalue weighted by molar-refractivity contribution is 0.277. The standard InChI is InChI=1S/C17H26ClN3/c1-4-10-20(5-2)11-12-21-16-7-6-14(3)13-15(16)19-17(21)8-9-18/h6-7,13H,4-5,8-12H2,1-3H3. The highest BCUT2D eigenvalue weighted by Gasteiger charge is 2.11. The Bertz CT molecular complexity index is 577. The number of aryl methyl sites for hydroxylation is 2. The van der Waals surface area contributed by atoms with Crippen LogP contribution < -0.4 is 0 Å². The topological polar surface area (TPSA) is 21.1 Å². The van der Waals surface area contributed by atoms with Crippen molar-refractivity contribution in [1.82, 2.24) is 14.5 Å². The first-order chi connectivity index (χ1) is 10.2. The summed E-state index contributed by atoms with van der Waals surface area (Å²) < 4.78 is 2.34. The van der Waals surface area contributed by atoms with E-state index >= 15 is 0 Å².